The molecule has 0 aliphatic rings. The van der Waals surface area contributed by atoms with Gasteiger partial charge in [0.05, 0.1) is 6.20 Å². The SMILES string of the molecule is CCNCC(Oc1cccnc1)C(C)C. The fraction of sp³-hybridized carbons (Fsp3) is 0.583. The van der Waals surface area contributed by atoms with Gasteiger partial charge in [0.1, 0.15) is 11.9 Å². The lowest BCUT2D eigenvalue weighted by molar-refractivity contribution is 0.149. The fourth-order valence-electron chi connectivity index (χ4n) is 1.29. The van der Waals surface area contributed by atoms with E-state index in [4.69, 9.17) is 4.74 Å². The lowest BCUT2D eigenvalue weighted by atomic mass is 10.1. The molecule has 1 atom stereocenters. The highest BCUT2D eigenvalue weighted by Gasteiger charge is 2.14. The molecule has 0 radical (unpaired) electrons. The Hall–Kier alpha value is -1.09. The molecule has 0 aliphatic carbocycles. The largest absolute Gasteiger partial charge is 0.487 e. The van der Waals surface area contributed by atoms with Crippen LogP contribution < -0.4 is 10.1 Å². The van der Waals surface area contributed by atoms with Gasteiger partial charge in [0, 0.05) is 12.7 Å². The first kappa shape index (κ1) is 12.0. The summed E-state index contributed by atoms with van der Waals surface area (Å²) < 4.78 is 5.85. The number of hydrogen-bond acceptors (Lipinski definition) is 3. The molecular formula is C12H20N2O. The Bertz CT molecular complexity index is 262. The van der Waals surface area contributed by atoms with Crippen LogP contribution in [-0.2, 0) is 0 Å². The summed E-state index contributed by atoms with van der Waals surface area (Å²) in [5.74, 6) is 1.33. The Labute approximate surface area is 91.9 Å². The summed E-state index contributed by atoms with van der Waals surface area (Å²) in [6.07, 6.45) is 3.71. The summed E-state index contributed by atoms with van der Waals surface area (Å²) in [5.41, 5.74) is 0. The van der Waals surface area contributed by atoms with Gasteiger partial charge in [-0.2, -0.15) is 0 Å². The molecular weight excluding hydrogens is 188 g/mol. The van der Waals surface area contributed by atoms with Crippen LogP contribution in [-0.4, -0.2) is 24.2 Å². The quantitative estimate of drug-likeness (QED) is 0.777. The Morgan fingerprint density at radius 2 is 2.27 bits per heavy atom. The summed E-state index contributed by atoms with van der Waals surface area (Å²) >= 11 is 0. The van der Waals surface area contributed by atoms with Crippen LogP contribution in [0.15, 0.2) is 24.5 Å². The van der Waals surface area contributed by atoms with Crippen molar-refractivity contribution in [1.29, 1.82) is 0 Å². The number of hydrogen-bond donors (Lipinski definition) is 1. The van der Waals surface area contributed by atoms with Crippen LogP contribution in [0.25, 0.3) is 0 Å². The average Bonchev–Trinajstić information content (AvgIpc) is 2.25. The van der Waals surface area contributed by atoms with Gasteiger partial charge >= 0.3 is 0 Å². The maximum Gasteiger partial charge on any atom is 0.138 e. The summed E-state index contributed by atoms with van der Waals surface area (Å²) in [6.45, 7) is 8.28. The molecule has 1 heterocycles. The molecule has 0 amide bonds. The van der Waals surface area contributed by atoms with E-state index in [2.05, 4.69) is 31.1 Å². The summed E-state index contributed by atoms with van der Waals surface area (Å²) in [6, 6.07) is 3.83. The third-order valence-corrected chi connectivity index (χ3v) is 2.26. The van der Waals surface area contributed by atoms with Crippen molar-refractivity contribution >= 4 is 0 Å². The lowest BCUT2D eigenvalue weighted by Crippen LogP contribution is -2.35. The van der Waals surface area contributed by atoms with Gasteiger partial charge in [0.15, 0.2) is 0 Å². The third-order valence-electron chi connectivity index (χ3n) is 2.26. The van der Waals surface area contributed by atoms with E-state index in [1.165, 1.54) is 0 Å². The van der Waals surface area contributed by atoms with Crippen LogP contribution >= 0.6 is 0 Å². The molecule has 3 heteroatoms. The number of likely N-dealkylation sites (N-methyl/N-ethyl adjacent to an activating group) is 1. The Morgan fingerprint density at radius 1 is 1.47 bits per heavy atom. The van der Waals surface area contributed by atoms with E-state index in [0.29, 0.717) is 5.92 Å². The Morgan fingerprint density at radius 3 is 2.80 bits per heavy atom. The van der Waals surface area contributed by atoms with Gasteiger partial charge in [-0.25, -0.2) is 0 Å². The number of ether oxygens (including phenoxy) is 1. The van der Waals surface area contributed by atoms with Crippen LogP contribution in [0.2, 0.25) is 0 Å². The number of aromatic nitrogens is 1. The van der Waals surface area contributed by atoms with Crippen molar-refractivity contribution in [2.24, 2.45) is 5.92 Å². The number of nitrogens with one attached hydrogen (secondary N) is 1. The first-order valence-electron chi connectivity index (χ1n) is 5.51. The highest BCUT2D eigenvalue weighted by molar-refractivity contribution is 5.15. The topological polar surface area (TPSA) is 34.1 Å². The van der Waals surface area contributed by atoms with E-state index in [-0.39, 0.29) is 6.10 Å². The monoisotopic (exact) mass is 208 g/mol. The minimum Gasteiger partial charge on any atom is -0.487 e. The normalized spacial score (nSPS) is 12.8. The van der Waals surface area contributed by atoms with Gasteiger partial charge in [-0.15, -0.1) is 0 Å². The zero-order chi connectivity index (χ0) is 11.1. The molecule has 3 nitrogen and oxygen atoms in total. The smallest absolute Gasteiger partial charge is 0.138 e. The van der Waals surface area contributed by atoms with Crippen molar-refractivity contribution in [3.05, 3.63) is 24.5 Å². The maximum atomic E-state index is 5.85. The van der Waals surface area contributed by atoms with Gasteiger partial charge < -0.3 is 10.1 Å². The summed E-state index contributed by atoms with van der Waals surface area (Å²) in [5, 5.41) is 3.30. The van der Waals surface area contributed by atoms with Gasteiger partial charge in [-0.1, -0.05) is 20.8 Å². The minimum absolute atomic E-state index is 0.203. The second kappa shape index (κ2) is 6.40. The minimum atomic E-state index is 0.203. The second-order valence-electron chi connectivity index (χ2n) is 3.90. The van der Waals surface area contributed by atoms with E-state index in [9.17, 15) is 0 Å². The summed E-state index contributed by atoms with van der Waals surface area (Å²) in [7, 11) is 0. The molecule has 1 rings (SSSR count). The van der Waals surface area contributed by atoms with Gasteiger partial charge in [-0.3, -0.25) is 4.98 Å². The second-order valence-corrected chi connectivity index (χ2v) is 3.90. The zero-order valence-corrected chi connectivity index (χ0v) is 9.73. The van der Waals surface area contributed by atoms with Crippen molar-refractivity contribution in [3.8, 4) is 5.75 Å². The molecule has 0 saturated carbocycles. The van der Waals surface area contributed by atoms with E-state index in [1.54, 1.807) is 12.4 Å². The third kappa shape index (κ3) is 4.30. The molecule has 15 heavy (non-hydrogen) atoms. The Balaban J connectivity index is 2.51. The van der Waals surface area contributed by atoms with Crippen LogP contribution in [0, 0.1) is 5.92 Å². The van der Waals surface area contributed by atoms with Crippen LogP contribution in [0.4, 0.5) is 0 Å². The molecule has 0 aliphatic heterocycles. The molecule has 1 unspecified atom stereocenters. The highest BCUT2D eigenvalue weighted by atomic mass is 16.5. The number of nitrogens with zero attached hydrogens (tertiary/aromatic N) is 1. The Kier molecular flexibility index (Phi) is 5.12. The van der Waals surface area contributed by atoms with Gasteiger partial charge in [0.2, 0.25) is 0 Å². The molecule has 0 saturated heterocycles. The molecule has 1 aromatic heterocycles. The van der Waals surface area contributed by atoms with Crippen LogP contribution in [0.3, 0.4) is 0 Å². The first-order chi connectivity index (χ1) is 7.24. The predicted molar refractivity (Wildman–Crippen MR) is 62.0 cm³/mol. The number of pyridine rings is 1. The summed E-state index contributed by atoms with van der Waals surface area (Å²) in [4.78, 5) is 4.03. The molecule has 0 spiro atoms. The maximum absolute atomic E-state index is 5.85. The van der Waals surface area contributed by atoms with Crippen LogP contribution in [0.1, 0.15) is 20.8 Å². The molecule has 84 valence electrons. The van der Waals surface area contributed by atoms with Crippen molar-refractivity contribution in [1.82, 2.24) is 10.3 Å². The van der Waals surface area contributed by atoms with E-state index >= 15 is 0 Å². The van der Waals surface area contributed by atoms with E-state index in [1.807, 2.05) is 12.1 Å². The van der Waals surface area contributed by atoms with Crippen molar-refractivity contribution < 1.29 is 4.74 Å². The standard InChI is InChI=1S/C12H20N2O/c1-4-13-9-12(10(2)3)15-11-6-5-7-14-8-11/h5-8,10,12-13H,4,9H2,1-3H3. The van der Waals surface area contributed by atoms with Crippen molar-refractivity contribution in [2.75, 3.05) is 13.1 Å². The predicted octanol–water partition coefficient (Wildman–Crippen LogP) is 2.09. The molecule has 0 bridgehead atoms. The van der Waals surface area contributed by atoms with E-state index < -0.39 is 0 Å². The lowest BCUT2D eigenvalue weighted by Gasteiger charge is -2.22. The average molecular weight is 208 g/mol. The van der Waals surface area contributed by atoms with Crippen molar-refractivity contribution in [2.45, 2.75) is 26.9 Å². The zero-order valence-electron chi connectivity index (χ0n) is 9.73. The number of rotatable bonds is 6. The first-order valence-corrected chi connectivity index (χ1v) is 5.51. The van der Waals surface area contributed by atoms with Gasteiger partial charge in [-0.05, 0) is 24.6 Å². The molecule has 0 aromatic carbocycles. The van der Waals surface area contributed by atoms with E-state index in [0.717, 1.165) is 18.8 Å². The fourth-order valence-corrected chi connectivity index (χ4v) is 1.29. The van der Waals surface area contributed by atoms with Crippen LogP contribution in [0.5, 0.6) is 5.75 Å². The molecule has 0 fully saturated rings. The van der Waals surface area contributed by atoms with Crippen molar-refractivity contribution in [3.63, 3.8) is 0 Å². The van der Waals surface area contributed by atoms with Gasteiger partial charge in [0.25, 0.3) is 0 Å². The highest BCUT2D eigenvalue weighted by Crippen LogP contribution is 2.13. The molecule has 1 N–H and O–H groups in total. The molecule has 1 aromatic rings.